The second-order valence-electron chi connectivity index (χ2n) is 3.15. The third kappa shape index (κ3) is 2.91. The van der Waals surface area contributed by atoms with Gasteiger partial charge in [-0.1, -0.05) is 6.07 Å². The van der Waals surface area contributed by atoms with Crippen molar-refractivity contribution in [2.45, 2.75) is 6.92 Å². The van der Waals surface area contributed by atoms with Gasteiger partial charge in [-0.2, -0.15) is 0 Å². The standard InChI is InChI=1S/C11H11NO4/c1-8-3-5-10(12(14)15)7-9(8)4-6-11(13)16-2/h3-7H,1-2H3/b6-4+. The minimum atomic E-state index is -0.495. The number of nitro groups is 1. The Labute approximate surface area is 92.5 Å². The van der Waals surface area contributed by atoms with Gasteiger partial charge in [-0.25, -0.2) is 4.79 Å². The molecule has 0 unspecified atom stereocenters. The zero-order valence-corrected chi connectivity index (χ0v) is 8.97. The summed E-state index contributed by atoms with van der Waals surface area (Å²) in [7, 11) is 1.27. The minimum absolute atomic E-state index is 0.00452. The van der Waals surface area contributed by atoms with Gasteiger partial charge in [0.2, 0.25) is 0 Å². The number of hydrogen-bond acceptors (Lipinski definition) is 4. The molecule has 0 fully saturated rings. The van der Waals surface area contributed by atoms with Gasteiger partial charge >= 0.3 is 5.97 Å². The molecule has 0 amide bonds. The van der Waals surface area contributed by atoms with Gasteiger partial charge in [0.1, 0.15) is 0 Å². The number of esters is 1. The van der Waals surface area contributed by atoms with Crippen molar-refractivity contribution in [2.24, 2.45) is 0 Å². The topological polar surface area (TPSA) is 69.4 Å². The van der Waals surface area contributed by atoms with Crippen LogP contribution in [-0.4, -0.2) is 18.0 Å². The number of methoxy groups -OCH3 is 1. The van der Waals surface area contributed by atoms with Crippen LogP contribution in [0.15, 0.2) is 24.3 Å². The zero-order chi connectivity index (χ0) is 12.1. The second kappa shape index (κ2) is 5.06. The van der Waals surface area contributed by atoms with E-state index in [9.17, 15) is 14.9 Å². The number of nitro benzene ring substituents is 1. The number of nitrogens with zero attached hydrogens (tertiary/aromatic N) is 1. The van der Waals surface area contributed by atoms with Crippen molar-refractivity contribution in [1.29, 1.82) is 0 Å². The Morgan fingerprint density at radius 3 is 2.75 bits per heavy atom. The maximum atomic E-state index is 10.9. The van der Waals surface area contributed by atoms with Crippen molar-refractivity contribution in [1.82, 2.24) is 0 Å². The van der Waals surface area contributed by atoms with E-state index in [1.807, 2.05) is 0 Å². The highest BCUT2D eigenvalue weighted by Gasteiger charge is 2.06. The Kier molecular flexibility index (Phi) is 3.77. The largest absolute Gasteiger partial charge is 0.466 e. The number of hydrogen-bond donors (Lipinski definition) is 0. The van der Waals surface area contributed by atoms with Crippen molar-refractivity contribution in [3.05, 3.63) is 45.5 Å². The maximum absolute atomic E-state index is 10.9. The summed E-state index contributed by atoms with van der Waals surface area (Å²) in [6, 6.07) is 4.47. The molecule has 0 radical (unpaired) electrons. The second-order valence-corrected chi connectivity index (χ2v) is 3.15. The van der Waals surface area contributed by atoms with Crippen LogP contribution in [0.4, 0.5) is 5.69 Å². The molecule has 0 aliphatic carbocycles. The van der Waals surface area contributed by atoms with Crippen molar-refractivity contribution >= 4 is 17.7 Å². The molecule has 1 rings (SSSR count). The molecule has 5 nitrogen and oxygen atoms in total. The van der Waals surface area contributed by atoms with Crippen molar-refractivity contribution < 1.29 is 14.5 Å². The van der Waals surface area contributed by atoms with E-state index < -0.39 is 10.9 Å². The highest BCUT2D eigenvalue weighted by molar-refractivity contribution is 5.87. The van der Waals surface area contributed by atoms with Crippen LogP contribution in [-0.2, 0) is 9.53 Å². The molecule has 16 heavy (non-hydrogen) atoms. The first-order valence-electron chi connectivity index (χ1n) is 4.55. The fourth-order valence-corrected chi connectivity index (χ4v) is 1.15. The highest BCUT2D eigenvalue weighted by Crippen LogP contribution is 2.18. The van der Waals surface area contributed by atoms with Gasteiger partial charge in [-0.15, -0.1) is 0 Å². The predicted octanol–water partition coefficient (Wildman–Crippen LogP) is 2.09. The van der Waals surface area contributed by atoms with Crippen molar-refractivity contribution in [3.63, 3.8) is 0 Å². The molecule has 84 valence electrons. The van der Waals surface area contributed by atoms with Crippen LogP contribution in [0.2, 0.25) is 0 Å². The van der Waals surface area contributed by atoms with Crippen LogP contribution < -0.4 is 0 Å². The average Bonchev–Trinajstić information content (AvgIpc) is 2.27. The van der Waals surface area contributed by atoms with Crippen LogP contribution in [0.25, 0.3) is 6.08 Å². The summed E-state index contributed by atoms with van der Waals surface area (Å²) in [6.45, 7) is 1.81. The summed E-state index contributed by atoms with van der Waals surface area (Å²) < 4.78 is 4.43. The quantitative estimate of drug-likeness (QED) is 0.339. The number of benzene rings is 1. The number of carbonyl (C=O) groups is 1. The molecular formula is C11H11NO4. The first kappa shape index (κ1) is 11.9. The maximum Gasteiger partial charge on any atom is 0.330 e. The molecule has 1 aromatic rings. The summed E-state index contributed by atoms with van der Waals surface area (Å²) >= 11 is 0. The van der Waals surface area contributed by atoms with Crippen LogP contribution in [0, 0.1) is 17.0 Å². The molecule has 0 aromatic heterocycles. The lowest BCUT2D eigenvalue weighted by atomic mass is 10.1. The van der Waals surface area contributed by atoms with Crippen LogP contribution in [0.1, 0.15) is 11.1 Å². The van der Waals surface area contributed by atoms with Gasteiger partial charge in [0, 0.05) is 18.2 Å². The Hall–Kier alpha value is -2.17. The Morgan fingerprint density at radius 1 is 1.50 bits per heavy atom. The lowest BCUT2D eigenvalue weighted by molar-refractivity contribution is -0.384. The molecule has 0 saturated carbocycles. The molecule has 0 aliphatic heterocycles. The smallest absolute Gasteiger partial charge is 0.330 e. The van der Waals surface area contributed by atoms with E-state index in [0.29, 0.717) is 5.56 Å². The number of aryl methyl sites for hydroxylation is 1. The predicted molar refractivity (Wildman–Crippen MR) is 58.9 cm³/mol. The molecule has 0 spiro atoms. The van der Waals surface area contributed by atoms with Gasteiger partial charge in [0.25, 0.3) is 5.69 Å². The molecule has 1 aromatic carbocycles. The van der Waals surface area contributed by atoms with E-state index in [4.69, 9.17) is 0 Å². The van der Waals surface area contributed by atoms with E-state index in [1.54, 1.807) is 13.0 Å². The van der Waals surface area contributed by atoms with Gasteiger partial charge in [-0.05, 0) is 24.1 Å². The van der Waals surface area contributed by atoms with Gasteiger partial charge in [-0.3, -0.25) is 10.1 Å². The van der Waals surface area contributed by atoms with E-state index >= 15 is 0 Å². The SMILES string of the molecule is COC(=O)/C=C/c1cc([N+](=O)[O-])ccc1C. The summed E-state index contributed by atoms with van der Waals surface area (Å²) in [5.41, 5.74) is 1.47. The first-order chi connectivity index (χ1) is 7.54. The Morgan fingerprint density at radius 2 is 2.19 bits per heavy atom. The summed E-state index contributed by atoms with van der Waals surface area (Å²) in [4.78, 5) is 20.9. The zero-order valence-electron chi connectivity index (χ0n) is 8.97. The number of non-ortho nitro benzene ring substituents is 1. The van der Waals surface area contributed by atoms with Crippen molar-refractivity contribution in [3.8, 4) is 0 Å². The summed E-state index contributed by atoms with van der Waals surface area (Å²) in [5.74, 6) is -0.495. The van der Waals surface area contributed by atoms with Gasteiger partial charge in [0.15, 0.2) is 0 Å². The first-order valence-corrected chi connectivity index (χ1v) is 4.55. The van der Waals surface area contributed by atoms with E-state index in [0.717, 1.165) is 5.56 Å². The van der Waals surface area contributed by atoms with E-state index in [2.05, 4.69) is 4.74 Å². The fourth-order valence-electron chi connectivity index (χ4n) is 1.15. The average molecular weight is 221 g/mol. The third-order valence-electron chi connectivity index (χ3n) is 2.07. The van der Waals surface area contributed by atoms with E-state index in [-0.39, 0.29) is 5.69 Å². The summed E-state index contributed by atoms with van der Waals surface area (Å²) in [5, 5.41) is 10.5. The molecule has 0 atom stereocenters. The summed E-state index contributed by atoms with van der Waals surface area (Å²) in [6.07, 6.45) is 2.72. The number of rotatable bonds is 3. The lowest BCUT2D eigenvalue weighted by Crippen LogP contribution is -1.94. The lowest BCUT2D eigenvalue weighted by Gasteiger charge is -1.99. The Balaban J connectivity index is 3.03. The van der Waals surface area contributed by atoms with Gasteiger partial charge < -0.3 is 4.74 Å². The van der Waals surface area contributed by atoms with Crippen LogP contribution in [0.5, 0.6) is 0 Å². The van der Waals surface area contributed by atoms with Crippen LogP contribution in [0.3, 0.4) is 0 Å². The molecule has 0 saturated heterocycles. The minimum Gasteiger partial charge on any atom is -0.466 e. The number of ether oxygens (including phenoxy) is 1. The fraction of sp³-hybridized carbons (Fsp3) is 0.182. The van der Waals surface area contributed by atoms with Crippen LogP contribution >= 0.6 is 0 Å². The molecule has 5 heteroatoms. The molecule has 0 bridgehead atoms. The Bertz CT molecular complexity index is 451. The molecule has 0 heterocycles. The number of carbonyl (C=O) groups excluding carboxylic acids is 1. The van der Waals surface area contributed by atoms with E-state index in [1.165, 1.54) is 31.4 Å². The highest BCUT2D eigenvalue weighted by atomic mass is 16.6. The van der Waals surface area contributed by atoms with Crippen molar-refractivity contribution in [2.75, 3.05) is 7.11 Å². The van der Waals surface area contributed by atoms with Gasteiger partial charge in [0.05, 0.1) is 12.0 Å². The molecular weight excluding hydrogens is 210 g/mol. The third-order valence-corrected chi connectivity index (χ3v) is 2.07. The normalized spacial score (nSPS) is 10.4. The molecule has 0 aliphatic rings. The monoisotopic (exact) mass is 221 g/mol. The molecule has 0 N–H and O–H groups in total.